The number of thioether (sulfide) groups is 1. The minimum absolute atomic E-state index is 0.314. The van der Waals surface area contributed by atoms with Gasteiger partial charge in [0.05, 0.1) is 11.8 Å². The van der Waals surface area contributed by atoms with E-state index in [4.69, 9.17) is 0 Å². The third kappa shape index (κ3) is 7.06. The second kappa shape index (κ2) is 12.3. The molecule has 1 aliphatic heterocycles. The summed E-state index contributed by atoms with van der Waals surface area (Å²) >= 11 is 1.99. The Hall–Kier alpha value is -1.49. The van der Waals surface area contributed by atoms with E-state index in [9.17, 15) is 5.11 Å². The lowest BCUT2D eigenvalue weighted by Gasteiger charge is -2.37. The second-order valence-electron chi connectivity index (χ2n) is 7.92. The molecule has 1 fully saturated rings. The quantitative estimate of drug-likeness (QED) is 0.384. The fourth-order valence-corrected chi connectivity index (χ4v) is 4.90. The lowest BCUT2D eigenvalue weighted by Crippen LogP contribution is -2.46. The minimum atomic E-state index is -0.314. The highest BCUT2D eigenvalue weighted by molar-refractivity contribution is 7.99. The lowest BCUT2D eigenvalue weighted by atomic mass is 10.0. The van der Waals surface area contributed by atoms with Crippen LogP contribution in [0, 0.1) is 0 Å². The molecule has 2 aromatic carbocycles. The van der Waals surface area contributed by atoms with Crippen LogP contribution in [0.5, 0.6) is 0 Å². The van der Waals surface area contributed by atoms with Crippen molar-refractivity contribution in [2.24, 2.45) is 0 Å². The lowest BCUT2D eigenvalue weighted by molar-refractivity contribution is 0.162. The Bertz CT molecular complexity index is 701. The third-order valence-corrected chi connectivity index (χ3v) is 6.94. The van der Waals surface area contributed by atoms with Crippen LogP contribution in [-0.2, 0) is 0 Å². The van der Waals surface area contributed by atoms with Gasteiger partial charge in [-0.2, -0.15) is 0 Å². The number of hydrogen-bond donors (Lipinski definition) is 1. The maximum absolute atomic E-state index is 10.3. The van der Waals surface area contributed by atoms with E-state index < -0.39 is 0 Å². The molecule has 1 atom stereocenters. The summed E-state index contributed by atoms with van der Waals surface area (Å²) in [5.74, 6) is 1.19. The number of unbranched alkanes of at least 4 members (excludes halogenated alkanes) is 2. The van der Waals surface area contributed by atoms with Crippen molar-refractivity contribution in [2.45, 2.75) is 50.0 Å². The topological polar surface area (TPSA) is 26.7 Å². The maximum atomic E-state index is 10.3. The molecule has 1 unspecified atom stereocenters. The molecule has 0 saturated carbocycles. The zero-order valence-corrected chi connectivity index (χ0v) is 18.6. The number of para-hydroxylation sites is 1. The standard InChI is InChI=1S/C25H36N2OS/c1-2-21-29-25-15-9-8-13-23(25)27-19-17-26(18-20-27)16-10-4-7-14-24(28)22-11-5-3-6-12-22/h3,5-6,8-9,11-13,15,24,28H,2,4,7,10,14,16-21H2,1H3. The van der Waals surface area contributed by atoms with Crippen LogP contribution in [-0.4, -0.2) is 48.5 Å². The monoisotopic (exact) mass is 412 g/mol. The van der Waals surface area contributed by atoms with E-state index in [0.717, 1.165) is 44.6 Å². The van der Waals surface area contributed by atoms with Gasteiger partial charge in [-0.15, -0.1) is 11.8 Å². The first kappa shape index (κ1) is 22.2. The van der Waals surface area contributed by atoms with Gasteiger partial charge in [0.15, 0.2) is 0 Å². The number of hydrogen-bond acceptors (Lipinski definition) is 4. The SMILES string of the molecule is CCCSc1ccccc1N1CCN(CCCCCC(O)c2ccccc2)CC1. The van der Waals surface area contributed by atoms with Gasteiger partial charge in [0, 0.05) is 31.1 Å². The molecule has 0 amide bonds. The smallest absolute Gasteiger partial charge is 0.0790 e. The molecule has 1 saturated heterocycles. The summed E-state index contributed by atoms with van der Waals surface area (Å²) in [4.78, 5) is 6.59. The van der Waals surface area contributed by atoms with Gasteiger partial charge in [-0.3, -0.25) is 4.90 Å². The van der Waals surface area contributed by atoms with E-state index in [1.54, 1.807) is 0 Å². The first-order valence-corrected chi connectivity index (χ1v) is 12.2. The predicted molar refractivity (Wildman–Crippen MR) is 126 cm³/mol. The molecule has 0 aliphatic carbocycles. The Morgan fingerprint density at radius 2 is 1.62 bits per heavy atom. The van der Waals surface area contributed by atoms with Crippen molar-refractivity contribution in [1.82, 2.24) is 4.90 Å². The summed E-state index contributed by atoms with van der Waals surface area (Å²) in [6.45, 7) is 7.98. The molecular weight excluding hydrogens is 376 g/mol. The van der Waals surface area contributed by atoms with Crippen LogP contribution in [0.2, 0.25) is 0 Å². The Kier molecular flexibility index (Phi) is 9.39. The Balaban J connectivity index is 1.33. The molecule has 0 spiro atoms. The number of nitrogens with zero attached hydrogens (tertiary/aromatic N) is 2. The highest BCUT2D eigenvalue weighted by Gasteiger charge is 2.18. The molecule has 1 aliphatic rings. The molecule has 3 rings (SSSR count). The molecule has 0 radical (unpaired) electrons. The van der Waals surface area contributed by atoms with Crippen molar-refractivity contribution in [1.29, 1.82) is 0 Å². The van der Waals surface area contributed by atoms with Gasteiger partial charge in [0.1, 0.15) is 0 Å². The van der Waals surface area contributed by atoms with Crippen LogP contribution in [0.25, 0.3) is 0 Å². The van der Waals surface area contributed by atoms with E-state index in [0.29, 0.717) is 0 Å². The van der Waals surface area contributed by atoms with Gasteiger partial charge in [0.2, 0.25) is 0 Å². The molecule has 29 heavy (non-hydrogen) atoms. The molecule has 2 aromatic rings. The fourth-order valence-electron chi connectivity index (χ4n) is 3.96. The largest absolute Gasteiger partial charge is 0.388 e. The first-order valence-electron chi connectivity index (χ1n) is 11.2. The van der Waals surface area contributed by atoms with Crippen LogP contribution >= 0.6 is 11.8 Å². The molecule has 4 heteroatoms. The molecule has 3 nitrogen and oxygen atoms in total. The molecule has 0 aromatic heterocycles. The molecule has 0 bridgehead atoms. The highest BCUT2D eigenvalue weighted by Crippen LogP contribution is 2.31. The van der Waals surface area contributed by atoms with E-state index in [1.165, 1.54) is 42.1 Å². The van der Waals surface area contributed by atoms with Gasteiger partial charge < -0.3 is 10.0 Å². The number of aliphatic hydroxyl groups is 1. The van der Waals surface area contributed by atoms with Crippen molar-refractivity contribution >= 4 is 17.4 Å². The Morgan fingerprint density at radius 3 is 2.38 bits per heavy atom. The van der Waals surface area contributed by atoms with E-state index in [-0.39, 0.29) is 6.10 Å². The van der Waals surface area contributed by atoms with Gasteiger partial charge in [-0.25, -0.2) is 0 Å². The maximum Gasteiger partial charge on any atom is 0.0790 e. The number of rotatable bonds is 11. The van der Waals surface area contributed by atoms with Crippen LogP contribution in [0.15, 0.2) is 59.5 Å². The molecule has 158 valence electrons. The first-order chi connectivity index (χ1) is 14.3. The van der Waals surface area contributed by atoms with E-state index >= 15 is 0 Å². The normalized spacial score (nSPS) is 16.1. The van der Waals surface area contributed by atoms with Crippen molar-refractivity contribution in [2.75, 3.05) is 43.4 Å². The number of aliphatic hydroxyl groups excluding tert-OH is 1. The van der Waals surface area contributed by atoms with Crippen molar-refractivity contribution in [3.05, 3.63) is 60.2 Å². The van der Waals surface area contributed by atoms with Crippen LogP contribution in [0.4, 0.5) is 5.69 Å². The predicted octanol–water partition coefficient (Wildman–Crippen LogP) is 5.60. The second-order valence-corrected chi connectivity index (χ2v) is 9.06. The third-order valence-electron chi connectivity index (χ3n) is 5.68. The van der Waals surface area contributed by atoms with Crippen LogP contribution in [0.1, 0.15) is 50.7 Å². The zero-order valence-electron chi connectivity index (χ0n) is 17.8. The van der Waals surface area contributed by atoms with Crippen molar-refractivity contribution in [3.63, 3.8) is 0 Å². The van der Waals surface area contributed by atoms with Gasteiger partial charge in [-0.05, 0) is 49.3 Å². The average molecular weight is 413 g/mol. The number of benzene rings is 2. The Morgan fingerprint density at radius 1 is 0.897 bits per heavy atom. The van der Waals surface area contributed by atoms with Crippen molar-refractivity contribution in [3.8, 4) is 0 Å². The van der Waals surface area contributed by atoms with Crippen LogP contribution < -0.4 is 4.90 Å². The van der Waals surface area contributed by atoms with Crippen molar-refractivity contribution < 1.29 is 5.11 Å². The minimum Gasteiger partial charge on any atom is -0.388 e. The summed E-state index contributed by atoms with van der Waals surface area (Å²) in [6.07, 6.45) is 5.29. The molecule has 1 N–H and O–H groups in total. The summed E-state index contributed by atoms with van der Waals surface area (Å²) in [7, 11) is 0. The number of piperazine rings is 1. The highest BCUT2D eigenvalue weighted by atomic mass is 32.2. The zero-order chi connectivity index (χ0) is 20.3. The fraction of sp³-hybridized carbons (Fsp3) is 0.520. The van der Waals surface area contributed by atoms with Gasteiger partial charge in [-0.1, -0.05) is 62.2 Å². The van der Waals surface area contributed by atoms with E-state index in [2.05, 4.69) is 41.0 Å². The summed E-state index contributed by atoms with van der Waals surface area (Å²) in [5.41, 5.74) is 2.46. The van der Waals surface area contributed by atoms with Gasteiger partial charge in [0.25, 0.3) is 0 Å². The Labute approximate surface area is 181 Å². The summed E-state index contributed by atoms with van der Waals surface area (Å²) < 4.78 is 0. The van der Waals surface area contributed by atoms with Crippen LogP contribution in [0.3, 0.4) is 0 Å². The number of anilines is 1. The van der Waals surface area contributed by atoms with Gasteiger partial charge >= 0.3 is 0 Å². The molecule has 1 heterocycles. The summed E-state index contributed by atoms with van der Waals surface area (Å²) in [6, 6.07) is 18.9. The van der Waals surface area contributed by atoms with E-state index in [1.807, 2.05) is 42.1 Å². The summed E-state index contributed by atoms with van der Waals surface area (Å²) in [5, 5.41) is 10.3. The average Bonchev–Trinajstić information content (AvgIpc) is 2.78. The molecular formula is C25H36N2OS.